The van der Waals surface area contributed by atoms with Crippen molar-refractivity contribution in [3.8, 4) is 0 Å². The fourth-order valence-electron chi connectivity index (χ4n) is 2.89. The summed E-state index contributed by atoms with van der Waals surface area (Å²) >= 11 is 0. The van der Waals surface area contributed by atoms with E-state index >= 15 is 0 Å². The van der Waals surface area contributed by atoms with Crippen LogP contribution in [0.1, 0.15) is 36.9 Å². The van der Waals surface area contributed by atoms with E-state index in [0.29, 0.717) is 11.6 Å². The molecule has 1 fully saturated rings. The Bertz CT molecular complexity index is 751. The maximum Gasteiger partial charge on any atom is 0.252 e. The smallest absolute Gasteiger partial charge is 0.252 e. The van der Waals surface area contributed by atoms with E-state index < -0.39 is 0 Å². The Morgan fingerprint density at radius 2 is 2.00 bits per heavy atom. The van der Waals surface area contributed by atoms with Gasteiger partial charge >= 0.3 is 0 Å². The SMILES string of the molecule is C[C@H](C(=O)NCc1cc(=O)[nH]c(N2CCCC2)n1)c1ccccc1. The van der Waals surface area contributed by atoms with E-state index in [4.69, 9.17) is 0 Å². The molecule has 24 heavy (non-hydrogen) atoms. The number of anilines is 1. The third kappa shape index (κ3) is 3.82. The van der Waals surface area contributed by atoms with Crippen LogP contribution in [-0.4, -0.2) is 29.0 Å². The zero-order chi connectivity index (χ0) is 16.9. The lowest BCUT2D eigenvalue weighted by atomic mass is 10.0. The third-order valence-electron chi connectivity index (χ3n) is 4.32. The summed E-state index contributed by atoms with van der Waals surface area (Å²) in [6, 6.07) is 11.1. The first-order valence-electron chi connectivity index (χ1n) is 8.31. The number of benzene rings is 1. The molecule has 1 saturated heterocycles. The van der Waals surface area contributed by atoms with E-state index in [0.717, 1.165) is 31.5 Å². The predicted octanol–water partition coefficient (Wildman–Crippen LogP) is 1.79. The van der Waals surface area contributed by atoms with Crippen molar-refractivity contribution in [2.45, 2.75) is 32.2 Å². The summed E-state index contributed by atoms with van der Waals surface area (Å²) in [5, 5.41) is 2.87. The Labute approximate surface area is 140 Å². The highest BCUT2D eigenvalue weighted by molar-refractivity contribution is 5.83. The van der Waals surface area contributed by atoms with Crippen molar-refractivity contribution in [3.63, 3.8) is 0 Å². The number of hydrogen-bond donors (Lipinski definition) is 2. The third-order valence-corrected chi connectivity index (χ3v) is 4.32. The molecule has 2 N–H and O–H groups in total. The Morgan fingerprint density at radius 1 is 1.29 bits per heavy atom. The van der Waals surface area contributed by atoms with Gasteiger partial charge < -0.3 is 10.2 Å². The van der Waals surface area contributed by atoms with Crippen LogP contribution in [0.15, 0.2) is 41.2 Å². The van der Waals surface area contributed by atoms with Gasteiger partial charge in [-0.15, -0.1) is 0 Å². The summed E-state index contributed by atoms with van der Waals surface area (Å²) in [7, 11) is 0. The van der Waals surface area contributed by atoms with Crippen molar-refractivity contribution < 1.29 is 4.79 Å². The number of nitrogens with one attached hydrogen (secondary N) is 2. The molecule has 0 saturated carbocycles. The Morgan fingerprint density at radius 3 is 2.71 bits per heavy atom. The molecular weight excluding hydrogens is 304 g/mol. The van der Waals surface area contributed by atoms with E-state index in [1.807, 2.05) is 37.3 Å². The molecule has 0 bridgehead atoms. The van der Waals surface area contributed by atoms with Crippen LogP contribution in [0.3, 0.4) is 0 Å². The molecule has 1 aromatic carbocycles. The first kappa shape index (κ1) is 16.2. The zero-order valence-corrected chi connectivity index (χ0v) is 13.8. The standard InChI is InChI=1S/C18H22N4O2/c1-13(14-7-3-2-4-8-14)17(24)19-12-15-11-16(23)21-18(20-15)22-9-5-6-10-22/h2-4,7-8,11,13H,5-6,9-10,12H2,1H3,(H,19,24)(H,20,21,23)/t13-/m0/s1. The van der Waals surface area contributed by atoms with Crippen LogP contribution in [0.4, 0.5) is 5.95 Å². The van der Waals surface area contributed by atoms with Crippen molar-refractivity contribution >= 4 is 11.9 Å². The fourth-order valence-corrected chi connectivity index (χ4v) is 2.89. The highest BCUT2D eigenvalue weighted by Gasteiger charge is 2.17. The minimum Gasteiger partial charge on any atom is -0.350 e. The monoisotopic (exact) mass is 326 g/mol. The van der Waals surface area contributed by atoms with E-state index in [1.165, 1.54) is 6.07 Å². The molecule has 6 nitrogen and oxygen atoms in total. The van der Waals surface area contributed by atoms with E-state index in [2.05, 4.69) is 20.2 Å². The molecule has 1 amide bonds. The topological polar surface area (TPSA) is 78.1 Å². The lowest BCUT2D eigenvalue weighted by Gasteiger charge is -2.16. The van der Waals surface area contributed by atoms with Crippen LogP contribution in [-0.2, 0) is 11.3 Å². The summed E-state index contributed by atoms with van der Waals surface area (Å²) in [6.07, 6.45) is 2.22. The summed E-state index contributed by atoms with van der Waals surface area (Å²) in [5.74, 6) is 0.276. The van der Waals surface area contributed by atoms with Crippen LogP contribution in [0.25, 0.3) is 0 Å². The van der Waals surface area contributed by atoms with Gasteiger partial charge in [-0.05, 0) is 25.3 Å². The van der Waals surface area contributed by atoms with Crippen LogP contribution >= 0.6 is 0 Å². The van der Waals surface area contributed by atoms with Crippen molar-refractivity contribution in [1.29, 1.82) is 0 Å². The van der Waals surface area contributed by atoms with Gasteiger partial charge in [-0.2, -0.15) is 0 Å². The Kier molecular flexibility index (Phi) is 4.93. The average molecular weight is 326 g/mol. The zero-order valence-electron chi connectivity index (χ0n) is 13.8. The van der Waals surface area contributed by atoms with Gasteiger partial charge in [-0.1, -0.05) is 30.3 Å². The maximum absolute atomic E-state index is 12.3. The molecule has 126 valence electrons. The van der Waals surface area contributed by atoms with Crippen LogP contribution in [0, 0.1) is 0 Å². The summed E-state index contributed by atoms with van der Waals surface area (Å²) < 4.78 is 0. The number of carbonyl (C=O) groups is 1. The van der Waals surface area contributed by atoms with Crippen LogP contribution < -0.4 is 15.8 Å². The number of aromatic amines is 1. The number of rotatable bonds is 5. The number of aromatic nitrogens is 2. The van der Waals surface area contributed by atoms with Crippen LogP contribution in [0.5, 0.6) is 0 Å². The molecule has 0 unspecified atom stereocenters. The van der Waals surface area contributed by atoms with Gasteiger partial charge in [0.1, 0.15) is 0 Å². The Balaban J connectivity index is 1.65. The molecule has 0 spiro atoms. The minimum absolute atomic E-state index is 0.0778. The average Bonchev–Trinajstić information content (AvgIpc) is 3.14. The molecule has 1 aliphatic heterocycles. The number of H-pyrrole nitrogens is 1. The fraction of sp³-hybridized carbons (Fsp3) is 0.389. The van der Waals surface area contributed by atoms with Gasteiger partial charge in [0.2, 0.25) is 11.9 Å². The quantitative estimate of drug-likeness (QED) is 0.878. The highest BCUT2D eigenvalue weighted by atomic mass is 16.2. The number of carbonyl (C=O) groups excluding carboxylic acids is 1. The minimum atomic E-state index is -0.244. The molecule has 0 aliphatic carbocycles. The van der Waals surface area contributed by atoms with Gasteiger partial charge in [0.15, 0.2) is 0 Å². The van der Waals surface area contributed by atoms with Crippen molar-refractivity contribution in [3.05, 3.63) is 58.0 Å². The molecule has 2 aromatic rings. The van der Waals surface area contributed by atoms with Gasteiger partial charge in [0, 0.05) is 19.2 Å². The summed E-state index contributed by atoms with van der Waals surface area (Å²) in [4.78, 5) is 33.5. The molecular formula is C18H22N4O2. The molecule has 1 atom stereocenters. The second-order valence-electron chi connectivity index (χ2n) is 6.10. The van der Waals surface area contributed by atoms with Gasteiger partial charge in [0.05, 0.1) is 18.2 Å². The lowest BCUT2D eigenvalue weighted by molar-refractivity contribution is -0.122. The highest BCUT2D eigenvalue weighted by Crippen LogP contribution is 2.16. The number of hydrogen-bond acceptors (Lipinski definition) is 4. The summed E-state index contributed by atoms with van der Waals surface area (Å²) in [6.45, 7) is 3.93. The van der Waals surface area contributed by atoms with E-state index in [1.54, 1.807) is 0 Å². The maximum atomic E-state index is 12.3. The first-order valence-corrected chi connectivity index (χ1v) is 8.31. The number of nitrogens with zero attached hydrogens (tertiary/aromatic N) is 2. The van der Waals surface area contributed by atoms with E-state index in [9.17, 15) is 9.59 Å². The molecule has 2 heterocycles. The molecule has 1 aromatic heterocycles. The van der Waals surface area contributed by atoms with Gasteiger partial charge in [0.25, 0.3) is 5.56 Å². The van der Waals surface area contributed by atoms with E-state index in [-0.39, 0.29) is 23.9 Å². The second kappa shape index (κ2) is 7.29. The van der Waals surface area contributed by atoms with Gasteiger partial charge in [-0.25, -0.2) is 4.98 Å². The summed E-state index contributed by atoms with van der Waals surface area (Å²) in [5.41, 5.74) is 1.35. The largest absolute Gasteiger partial charge is 0.350 e. The van der Waals surface area contributed by atoms with Crippen molar-refractivity contribution in [2.75, 3.05) is 18.0 Å². The van der Waals surface area contributed by atoms with Gasteiger partial charge in [-0.3, -0.25) is 14.6 Å². The lowest BCUT2D eigenvalue weighted by Crippen LogP contribution is -2.30. The molecule has 0 radical (unpaired) electrons. The first-order chi connectivity index (χ1) is 11.6. The molecule has 1 aliphatic rings. The van der Waals surface area contributed by atoms with Crippen molar-refractivity contribution in [1.82, 2.24) is 15.3 Å². The Hall–Kier alpha value is -2.63. The number of amides is 1. The predicted molar refractivity (Wildman–Crippen MR) is 93.0 cm³/mol. The molecule has 3 rings (SSSR count). The van der Waals surface area contributed by atoms with Crippen LogP contribution in [0.2, 0.25) is 0 Å². The second-order valence-corrected chi connectivity index (χ2v) is 6.10. The molecule has 6 heteroatoms. The normalized spacial score (nSPS) is 15.3. The van der Waals surface area contributed by atoms with Crippen molar-refractivity contribution in [2.24, 2.45) is 0 Å².